The van der Waals surface area contributed by atoms with Crippen molar-refractivity contribution in [1.82, 2.24) is 14.8 Å². The number of hydrogen-bond acceptors (Lipinski definition) is 6. The number of carbonyl (C=O) groups excluding carboxylic acids is 2. The second-order valence-electron chi connectivity index (χ2n) is 9.90. The summed E-state index contributed by atoms with van der Waals surface area (Å²) in [4.78, 5) is 32.0. The fraction of sp³-hybridized carbons (Fsp3) is 0.276. The standard InChI is InChI=1S/C29H26F3N7O2/c1-17-25(26(29(30,31)32)37-39(17)16-19-7-5-18(15-33)6-8-19)36-28(41)22-14-24(27(34)40)35-23-10-9-20(13-21(22)23)38-11-3-2-4-12-38/h5-10,13-14H,2-4,11-12,16H2,1H3,(H2,34,40)(H,36,41). The number of carbonyl (C=O) groups is 2. The highest BCUT2D eigenvalue weighted by Crippen LogP contribution is 2.37. The number of primary amides is 1. The first-order chi connectivity index (χ1) is 19.5. The minimum Gasteiger partial charge on any atom is -0.372 e. The Bertz CT molecular complexity index is 1680. The van der Waals surface area contributed by atoms with Gasteiger partial charge in [-0.25, -0.2) is 4.98 Å². The summed E-state index contributed by atoms with van der Waals surface area (Å²) in [7, 11) is 0. The fourth-order valence-electron chi connectivity index (χ4n) is 4.96. The first-order valence-corrected chi connectivity index (χ1v) is 13.0. The molecule has 41 heavy (non-hydrogen) atoms. The van der Waals surface area contributed by atoms with Gasteiger partial charge in [-0.1, -0.05) is 12.1 Å². The summed E-state index contributed by atoms with van der Waals surface area (Å²) >= 11 is 0. The van der Waals surface area contributed by atoms with Crippen LogP contribution in [-0.4, -0.2) is 39.7 Å². The lowest BCUT2D eigenvalue weighted by molar-refractivity contribution is -0.140. The van der Waals surface area contributed by atoms with Gasteiger partial charge < -0.3 is 16.0 Å². The van der Waals surface area contributed by atoms with Crippen LogP contribution < -0.4 is 16.0 Å². The molecule has 1 saturated heterocycles. The normalized spacial score (nSPS) is 13.7. The fourth-order valence-corrected chi connectivity index (χ4v) is 4.96. The van der Waals surface area contributed by atoms with Crippen molar-refractivity contribution in [1.29, 1.82) is 5.26 Å². The van der Waals surface area contributed by atoms with Gasteiger partial charge in [0.15, 0.2) is 5.69 Å². The highest BCUT2D eigenvalue weighted by Gasteiger charge is 2.39. The van der Waals surface area contributed by atoms with E-state index >= 15 is 0 Å². The van der Waals surface area contributed by atoms with E-state index in [2.05, 4.69) is 20.3 Å². The van der Waals surface area contributed by atoms with Crippen molar-refractivity contribution >= 4 is 34.1 Å². The predicted octanol–water partition coefficient (Wildman–Crippen LogP) is 5.02. The van der Waals surface area contributed by atoms with Crippen molar-refractivity contribution in [2.75, 3.05) is 23.3 Å². The van der Waals surface area contributed by atoms with Crippen molar-refractivity contribution in [3.05, 3.63) is 82.3 Å². The number of anilines is 2. The summed E-state index contributed by atoms with van der Waals surface area (Å²) in [6, 6.07) is 14.8. The highest BCUT2D eigenvalue weighted by atomic mass is 19.4. The number of aromatic nitrogens is 3. The molecule has 2 aromatic carbocycles. The van der Waals surface area contributed by atoms with Crippen LogP contribution in [0.25, 0.3) is 10.9 Å². The molecular weight excluding hydrogens is 535 g/mol. The first kappa shape index (κ1) is 27.6. The Morgan fingerprint density at radius 3 is 2.41 bits per heavy atom. The first-order valence-electron chi connectivity index (χ1n) is 13.0. The zero-order valence-electron chi connectivity index (χ0n) is 22.1. The number of pyridine rings is 1. The van der Waals surface area contributed by atoms with E-state index in [1.165, 1.54) is 13.0 Å². The Labute approximate surface area is 233 Å². The summed E-state index contributed by atoms with van der Waals surface area (Å²) in [5.41, 5.74) is 5.78. The lowest BCUT2D eigenvalue weighted by Crippen LogP contribution is -2.29. The lowest BCUT2D eigenvalue weighted by Gasteiger charge is -2.29. The van der Waals surface area contributed by atoms with E-state index in [0.717, 1.165) is 42.7 Å². The topological polar surface area (TPSA) is 130 Å². The Kier molecular flexibility index (Phi) is 7.36. The van der Waals surface area contributed by atoms with Gasteiger partial charge in [0.25, 0.3) is 11.8 Å². The van der Waals surface area contributed by atoms with Crippen LogP contribution in [0.5, 0.6) is 0 Å². The maximum Gasteiger partial charge on any atom is 0.437 e. The van der Waals surface area contributed by atoms with Crippen molar-refractivity contribution in [2.45, 2.75) is 38.9 Å². The second kappa shape index (κ2) is 10.9. The van der Waals surface area contributed by atoms with Gasteiger partial charge in [-0.2, -0.15) is 23.5 Å². The number of nitrogens with one attached hydrogen (secondary N) is 1. The molecule has 1 aliphatic heterocycles. The van der Waals surface area contributed by atoms with E-state index < -0.39 is 29.4 Å². The van der Waals surface area contributed by atoms with Gasteiger partial charge in [0.05, 0.1) is 40.6 Å². The Balaban J connectivity index is 1.55. The zero-order chi connectivity index (χ0) is 29.3. The van der Waals surface area contributed by atoms with Gasteiger partial charge in [0.2, 0.25) is 0 Å². The quantitative estimate of drug-likeness (QED) is 0.340. The molecule has 0 unspecified atom stereocenters. The number of amides is 2. The third-order valence-electron chi connectivity index (χ3n) is 7.14. The molecular formula is C29H26F3N7O2. The van der Waals surface area contributed by atoms with Crippen LogP contribution in [0.3, 0.4) is 0 Å². The van der Waals surface area contributed by atoms with E-state index in [-0.39, 0.29) is 23.5 Å². The van der Waals surface area contributed by atoms with Crippen LogP contribution in [0.2, 0.25) is 0 Å². The molecule has 3 N–H and O–H groups in total. The van der Waals surface area contributed by atoms with E-state index in [1.54, 1.807) is 36.4 Å². The molecule has 2 amide bonds. The molecule has 210 valence electrons. The number of nitrogens with two attached hydrogens (primary N) is 1. The molecule has 1 fully saturated rings. The van der Waals surface area contributed by atoms with Crippen LogP contribution in [0, 0.1) is 18.3 Å². The number of nitriles is 1. The number of fused-ring (bicyclic) bond motifs is 1. The molecule has 0 bridgehead atoms. The number of alkyl halides is 3. The molecule has 4 aromatic rings. The molecule has 0 saturated carbocycles. The average Bonchev–Trinajstić information content (AvgIpc) is 3.27. The molecule has 5 rings (SSSR count). The summed E-state index contributed by atoms with van der Waals surface area (Å²) in [5.74, 6) is -1.73. The molecule has 3 heterocycles. The van der Waals surface area contributed by atoms with Crippen molar-refractivity contribution in [3.8, 4) is 6.07 Å². The van der Waals surface area contributed by atoms with Gasteiger partial charge in [-0.05, 0) is 68.1 Å². The SMILES string of the molecule is Cc1c(NC(=O)c2cc(C(N)=O)nc3ccc(N4CCCCC4)cc23)c(C(F)(F)F)nn1Cc1ccc(C#N)cc1. The third kappa shape index (κ3) is 5.70. The molecule has 2 aromatic heterocycles. The van der Waals surface area contributed by atoms with Gasteiger partial charge in [0, 0.05) is 24.2 Å². The molecule has 0 aliphatic carbocycles. The molecule has 12 heteroatoms. The summed E-state index contributed by atoms with van der Waals surface area (Å²) < 4.78 is 43.4. The molecule has 1 aliphatic rings. The van der Waals surface area contributed by atoms with Gasteiger partial charge in [-0.3, -0.25) is 14.3 Å². The zero-order valence-corrected chi connectivity index (χ0v) is 22.1. The molecule has 9 nitrogen and oxygen atoms in total. The minimum absolute atomic E-state index is 0.0142. The van der Waals surface area contributed by atoms with Crippen molar-refractivity contribution in [2.24, 2.45) is 5.73 Å². The highest BCUT2D eigenvalue weighted by molar-refractivity contribution is 6.14. The van der Waals surface area contributed by atoms with Crippen LogP contribution in [0.4, 0.5) is 24.5 Å². The summed E-state index contributed by atoms with van der Waals surface area (Å²) in [5, 5.41) is 15.6. The molecule has 0 atom stereocenters. The molecule has 0 spiro atoms. The van der Waals surface area contributed by atoms with Crippen LogP contribution in [0.15, 0.2) is 48.5 Å². The van der Waals surface area contributed by atoms with Crippen molar-refractivity contribution in [3.63, 3.8) is 0 Å². The average molecular weight is 562 g/mol. The number of hydrogen-bond donors (Lipinski definition) is 2. The van der Waals surface area contributed by atoms with E-state index in [0.29, 0.717) is 22.0 Å². The predicted molar refractivity (Wildman–Crippen MR) is 147 cm³/mol. The summed E-state index contributed by atoms with van der Waals surface area (Å²) in [6.45, 7) is 3.09. The van der Waals surface area contributed by atoms with Crippen LogP contribution in [0.1, 0.15) is 62.6 Å². The number of piperidine rings is 1. The Morgan fingerprint density at radius 1 is 1.07 bits per heavy atom. The van der Waals surface area contributed by atoms with Gasteiger partial charge in [0.1, 0.15) is 5.69 Å². The number of benzene rings is 2. The number of halogens is 3. The maximum atomic E-state index is 14.1. The van der Waals surface area contributed by atoms with Crippen LogP contribution >= 0.6 is 0 Å². The van der Waals surface area contributed by atoms with E-state index in [9.17, 15) is 22.8 Å². The molecule has 0 radical (unpaired) electrons. The minimum atomic E-state index is -4.86. The van der Waals surface area contributed by atoms with Crippen molar-refractivity contribution < 1.29 is 22.8 Å². The maximum absolute atomic E-state index is 14.1. The van der Waals surface area contributed by atoms with E-state index in [1.807, 2.05) is 12.1 Å². The Morgan fingerprint density at radius 2 is 1.78 bits per heavy atom. The smallest absolute Gasteiger partial charge is 0.372 e. The van der Waals surface area contributed by atoms with Gasteiger partial charge in [-0.15, -0.1) is 0 Å². The summed E-state index contributed by atoms with van der Waals surface area (Å²) in [6.07, 6.45) is -1.68. The van der Waals surface area contributed by atoms with E-state index in [4.69, 9.17) is 11.0 Å². The third-order valence-corrected chi connectivity index (χ3v) is 7.14. The van der Waals surface area contributed by atoms with Gasteiger partial charge >= 0.3 is 6.18 Å². The number of rotatable bonds is 6. The Hall–Kier alpha value is -4.92. The largest absolute Gasteiger partial charge is 0.437 e. The lowest BCUT2D eigenvalue weighted by atomic mass is 10.0. The monoisotopic (exact) mass is 561 g/mol. The van der Waals surface area contributed by atoms with Crippen LogP contribution in [-0.2, 0) is 12.7 Å². The number of nitrogens with zero attached hydrogens (tertiary/aromatic N) is 5. The second-order valence-corrected chi connectivity index (χ2v) is 9.90.